The van der Waals surface area contributed by atoms with E-state index in [9.17, 15) is 4.57 Å². The predicted molar refractivity (Wildman–Crippen MR) is 49.6 cm³/mol. The Kier molecular flexibility index (Phi) is 4.50. The molecule has 7 heteroatoms. The average Bonchev–Trinajstić information content (AvgIpc) is 2.50. The van der Waals surface area contributed by atoms with Gasteiger partial charge in [0, 0.05) is 19.7 Å². The van der Waals surface area contributed by atoms with E-state index in [2.05, 4.69) is 4.52 Å². The average molecular weight is 225 g/mol. The van der Waals surface area contributed by atoms with Gasteiger partial charge in [-0.2, -0.15) is 0 Å². The van der Waals surface area contributed by atoms with Crippen LogP contribution in [0.4, 0.5) is 0 Å². The van der Waals surface area contributed by atoms with Crippen LogP contribution in [0.15, 0.2) is 0 Å². The highest BCUT2D eigenvalue weighted by Crippen LogP contribution is 2.35. The van der Waals surface area contributed by atoms with Crippen LogP contribution in [-0.2, 0) is 9.09 Å². The van der Waals surface area contributed by atoms with Gasteiger partial charge in [0.2, 0.25) is 0 Å². The Morgan fingerprint density at radius 1 is 1.50 bits per heavy atom. The number of rotatable bonds is 5. The minimum Gasteiger partial charge on any atom is -0.396 e. The van der Waals surface area contributed by atoms with E-state index in [1.54, 1.807) is 0 Å². The second kappa shape index (κ2) is 5.21. The molecule has 14 heavy (non-hydrogen) atoms. The quantitative estimate of drug-likeness (QED) is 0.542. The topological polar surface area (TPSA) is 90.2 Å². The van der Waals surface area contributed by atoms with E-state index in [0.29, 0.717) is 12.5 Å². The van der Waals surface area contributed by atoms with Gasteiger partial charge >= 0.3 is 7.82 Å². The van der Waals surface area contributed by atoms with Crippen molar-refractivity contribution >= 4 is 7.82 Å². The van der Waals surface area contributed by atoms with Gasteiger partial charge in [-0.05, 0) is 18.9 Å². The summed E-state index contributed by atoms with van der Waals surface area (Å²) in [6.07, 6.45) is 0.937. The first kappa shape index (κ1) is 12.1. The molecule has 0 aromatic carbocycles. The van der Waals surface area contributed by atoms with Crippen molar-refractivity contribution in [2.24, 2.45) is 5.92 Å². The summed E-state index contributed by atoms with van der Waals surface area (Å²) in [5.74, 6) is 0.296. The number of nitrogens with zero attached hydrogens (tertiary/aromatic N) is 1. The van der Waals surface area contributed by atoms with Gasteiger partial charge in [-0.1, -0.05) is 0 Å². The van der Waals surface area contributed by atoms with E-state index < -0.39 is 7.82 Å². The second-order valence-corrected chi connectivity index (χ2v) is 4.70. The lowest BCUT2D eigenvalue weighted by Crippen LogP contribution is -2.25. The molecule has 1 heterocycles. The fourth-order valence-corrected chi connectivity index (χ4v) is 1.87. The van der Waals surface area contributed by atoms with Gasteiger partial charge in [0.1, 0.15) is 0 Å². The van der Waals surface area contributed by atoms with Crippen molar-refractivity contribution in [2.45, 2.75) is 6.42 Å². The van der Waals surface area contributed by atoms with E-state index in [1.165, 1.54) is 0 Å². The molecule has 0 radical (unpaired) electrons. The molecule has 1 atom stereocenters. The molecule has 3 N–H and O–H groups in total. The highest BCUT2D eigenvalue weighted by Gasteiger charge is 2.22. The maximum absolute atomic E-state index is 10.3. The van der Waals surface area contributed by atoms with Crippen molar-refractivity contribution in [1.82, 2.24) is 4.90 Å². The molecule has 1 aliphatic heterocycles. The fourth-order valence-electron chi connectivity index (χ4n) is 1.55. The molecule has 1 saturated heterocycles. The maximum Gasteiger partial charge on any atom is 0.469 e. The molecular formula is C7H16NO5P. The first-order valence-electron chi connectivity index (χ1n) is 4.54. The summed E-state index contributed by atoms with van der Waals surface area (Å²) in [7, 11) is -4.32. The number of hydrogen-bond donors (Lipinski definition) is 3. The van der Waals surface area contributed by atoms with Crippen LogP contribution < -0.4 is 0 Å². The lowest BCUT2D eigenvalue weighted by molar-refractivity contribution is 0.166. The molecule has 0 saturated carbocycles. The Hall–Kier alpha value is 0.0300. The van der Waals surface area contributed by atoms with E-state index >= 15 is 0 Å². The summed E-state index contributed by atoms with van der Waals surface area (Å²) in [5.41, 5.74) is 0. The van der Waals surface area contributed by atoms with Gasteiger partial charge in [-0.15, -0.1) is 0 Å². The third kappa shape index (κ3) is 4.50. The highest BCUT2D eigenvalue weighted by molar-refractivity contribution is 7.46. The molecule has 0 spiro atoms. The Morgan fingerprint density at radius 2 is 2.21 bits per heavy atom. The number of phosphoric acid groups is 1. The van der Waals surface area contributed by atoms with E-state index in [1.807, 2.05) is 4.90 Å². The number of aliphatic hydroxyl groups is 1. The molecule has 84 valence electrons. The van der Waals surface area contributed by atoms with Gasteiger partial charge in [0.05, 0.1) is 6.61 Å². The van der Waals surface area contributed by atoms with Crippen molar-refractivity contribution in [2.75, 3.05) is 32.8 Å². The highest BCUT2D eigenvalue weighted by atomic mass is 31.2. The predicted octanol–water partition coefficient (Wildman–Crippen LogP) is -0.590. The SMILES string of the molecule is O=P(O)(O)OCCN1CCC(CO)C1. The molecule has 1 aliphatic rings. The lowest BCUT2D eigenvalue weighted by atomic mass is 10.1. The summed E-state index contributed by atoms with van der Waals surface area (Å²) in [4.78, 5) is 18.9. The third-order valence-electron chi connectivity index (χ3n) is 2.30. The second-order valence-electron chi connectivity index (χ2n) is 3.46. The number of phosphoric ester groups is 1. The first-order chi connectivity index (χ1) is 6.51. The van der Waals surface area contributed by atoms with Crippen LogP contribution in [0.2, 0.25) is 0 Å². The van der Waals surface area contributed by atoms with Crippen molar-refractivity contribution in [3.63, 3.8) is 0 Å². The smallest absolute Gasteiger partial charge is 0.396 e. The largest absolute Gasteiger partial charge is 0.469 e. The summed E-state index contributed by atoms with van der Waals surface area (Å²) in [5, 5.41) is 8.86. The fraction of sp³-hybridized carbons (Fsp3) is 1.00. The standard InChI is InChI=1S/C7H16NO5P/c9-6-7-1-2-8(5-7)3-4-13-14(10,11)12/h7,9H,1-6H2,(H2,10,11,12). The molecular weight excluding hydrogens is 209 g/mol. The van der Waals surface area contributed by atoms with Crippen LogP contribution in [0, 0.1) is 5.92 Å². The summed E-state index contributed by atoms with van der Waals surface area (Å²) < 4.78 is 14.7. The summed E-state index contributed by atoms with van der Waals surface area (Å²) in [6, 6.07) is 0. The van der Waals surface area contributed by atoms with Crippen LogP contribution >= 0.6 is 7.82 Å². The minimum absolute atomic E-state index is 0.0302. The van der Waals surface area contributed by atoms with Crippen molar-refractivity contribution in [3.8, 4) is 0 Å². The molecule has 6 nitrogen and oxygen atoms in total. The molecule has 0 aliphatic carbocycles. The first-order valence-corrected chi connectivity index (χ1v) is 6.07. The maximum atomic E-state index is 10.3. The zero-order valence-electron chi connectivity index (χ0n) is 7.87. The Balaban J connectivity index is 2.12. The van der Waals surface area contributed by atoms with Crippen LogP contribution in [0.5, 0.6) is 0 Å². The van der Waals surface area contributed by atoms with Crippen LogP contribution in [0.3, 0.4) is 0 Å². The molecule has 0 aromatic rings. The Labute approximate surface area is 82.7 Å². The van der Waals surface area contributed by atoms with E-state index in [-0.39, 0.29) is 13.2 Å². The van der Waals surface area contributed by atoms with Crippen LogP contribution in [0.1, 0.15) is 6.42 Å². The summed E-state index contributed by atoms with van der Waals surface area (Å²) in [6.45, 7) is 2.34. The van der Waals surface area contributed by atoms with Crippen molar-refractivity contribution in [1.29, 1.82) is 0 Å². The Bertz CT molecular complexity index is 218. The number of aliphatic hydroxyl groups excluding tert-OH is 1. The van der Waals surface area contributed by atoms with Gasteiger partial charge in [-0.3, -0.25) is 4.52 Å². The molecule has 0 amide bonds. The van der Waals surface area contributed by atoms with Crippen molar-refractivity contribution in [3.05, 3.63) is 0 Å². The van der Waals surface area contributed by atoms with Gasteiger partial charge < -0.3 is 19.8 Å². The van der Waals surface area contributed by atoms with Crippen LogP contribution in [-0.4, -0.2) is 52.6 Å². The van der Waals surface area contributed by atoms with Crippen molar-refractivity contribution < 1.29 is 24.0 Å². The zero-order chi connectivity index (χ0) is 10.6. The third-order valence-corrected chi connectivity index (χ3v) is 2.81. The molecule has 0 bridgehead atoms. The molecule has 1 rings (SSSR count). The minimum atomic E-state index is -4.32. The normalized spacial score (nSPS) is 24.4. The van der Waals surface area contributed by atoms with E-state index in [0.717, 1.165) is 19.5 Å². The zero-order valence-corrected chi connectivity index (χ0v) is 8.77. The van der Waals surface area contributed by atoms with Gasteiger partial charge in [-0.25, -0.2) is 4.57 Å². The number of likely N-dealkylation sites (tertiary alicyclic amines) is 1. The number of hydrogen-bond acceptors (Lipinski definition) is 4. The monoisotopic (exact) mass is 225 g/mol. The van der Waals surface area contributed by atoms with Crippen LogP contribution in [0.25, 0.3) is 0 Å². The molecule has 1 unspecified atom stereocenters. The Morgan fingerprint density at radius 3 is 2.71 bits per heavy atom. The van der Waals surface area contributed by atoms with Gasteiger partial charge in [0.15, 0.2) is 0 Å². The molecule has 1 fully saturated rings. The molecule has 0 aromatic heterocycles. The van der Waals surface area contributed by atoms with E-state index in [4.69, 9.17) is 14.9 Å². The lowest BCUT2D eigenvalue weighted by Gasteiger charge is -2.15. The summed E-state index contributed by atoms with van der Waals surface area (Å²) >= 11 is 0. The van der Waals surface area contributed by atoms with Gasteiger partial charge in [0.25, 0.3) is 0 Å².